The predicted molar refractivity (Wildman–Crippen MR) is 68.7 cm³/mol. The van der Waals surface area contributed by atoms with Crippen molar-refractivity contribution < 1.29 is 9.21 Å². The maximum atomic E-state index is 12.0. The lowest BCUT2D eigenvalue weighted by atomic mass is 10.2. The van der Waals surface area contributed by atoms with E-state index < -0.39 is 0 Å². The Morgan fingerprint density at radius 2 is 2.06 bits per heavy atom. The molecular weight excluding hydrogens is 282 g/mol. The maximum absolute atomic E-state index is 12.0. The highest BCUT2D eigenvalue weighted by Gasteiger charge is 2.14. The van der Waals surface area contributed by atoms with E-state index in [0.717, 1.165) is 10.2 Å². The number of hydrogen-bond acceptors (Lipinski definition) is 2. The van der Waals surface area contributed by atoms with Gasteiger partial charge in [0.2, 0.25) is 0 Å². The first-order valence-corrected chi connectivity index (χ1v) is 6.06. The van der Waals surface area contributed by atoms with Crippen molar-refractivity contribution in [3.63, 3.8) is 0 Å². The van der Waals surface area contributed by atoms with Crippen molar-refractivity contribution in [2.75, 3.05) is 0 Å². The fourth-order valence-electron chi connectivity index (χ4n) is 1.53. The SMILES string of the molecule is C[C@H](NC(=O)c1ccccc1Br)c1ccco1. The van der Waals surface area contributed by atoms with Crippen molar-refractivity contribution >= 4 is 21.8 Å². The summed E-state index contributed by atoms with van der Waals surface area (Å²) in [7, 11) is 0. The first-order chi connectivity index (χ1) is 8.18. The lowest BCUT2D eigenvalue weighted by Gasteiger charge is -2.12. The van der Waals surface area contributed by atoms with Gasteiger partial charge in [0.05, 0.1) is 17.9 Å². The number of nitrogens with one attached hydrogen (secondary N) is 1. The second kappa shape index (κ2) is 5.19. The summed E-state index contributed by atoms with van der Waals surface area (Å²) in [6.07, 6.45) is 1.59. The smallest absolute Gasteiger partial charge is 0.253 e. The molecule has 0 bridgehead atoms. The second-order valence-corrected chi connectivity index (χ2v) is 4.54. The molecule has 1 amide bonds. The molecule has 0 unspecified atom stereocenters. The van der Waals surface area contributed by atoms with E-state index in [1.165, 1.54) is 0 Å². The second-order valence-electron chi connectivity index (χ2n) is 3.69. The van der Waals surface area contributed by atoms with E-state index in [4.69, 9.17) is 4.42 Å². The van der Waals surface area contributed by atoms with Crippen LogP contribution in [-0.2, 0) is 0 Å². The van der Waals surface area contributed by atoms with Crippen molar-refractivity contribution in [2.45, 2.75) is 13.0 Å². The molecule has 17 heavy (non-hydrogen) atoms. The van der Waals surface area contributed by atoms with Crippen LogP contribution in [0.2, 0.25) is 0 Å². The predicted octanol–water partition coefficient (Wildman–Crippen LogP) is 3.53. The molecule has 0 radical (unpaired) electrons. The summed E-state index contributed by atoms with van der Waals surface area (Å²) in [5, 5.41) is 2.88. The molecule has 4 heteroatoms. The number of carbonyl (C=O) groups excluding carboxylic acids is 1. The van der Waals surface area contributed by atoms with Crippen molar-refractivity contribution in [3.8, 4) is 0 Å². The van der Waals surface area contributed by atoms with Crippen LogP contribution in [0.5, 0.6) is 0 Å². The largest absolute Gasteiger partial charge is 0.467 e. The van der Waals surface area contributed by atoms with Gasteiger partial charge in [-0.1, -0.05) is 12.1 Å². The Kier molecular flexibility index (Phi) is 3.64. The standard InChI is InChI=1S/C13H12BrNO2/c1-9(12-7-4-8-17-12)15-13(16)10-5-2-3-6-11(10)14/h2-9H,1H3,(H,15,16)/t9-/m0/s1. The van der Waals surface area contributed by atoms with Crippen molar-refractivity contribution in [1.82, 2.24) is 5.32 Å². The lowest BCUT2D eigenvalue weighted by Crippen LogP contribution is -2.26. The zero-order chi connectivity index (χ0) is 12.3. The van der Waals surface area contributed by atoms with E-state index in [1.54, 1.807) is 18.4 Å². The van der Waals surface area contributed by atoms with Crippen LogP contribution >= 0.6 is 15.9 Å². The number of benzene rings is 1. The molecule has 1 aromatic heterocycles. The minimum absolute atomic E-state index is 0.124. The van der Waals surface area contributed by atoms with Gasteiger partial charge in [-0.25, -0.2) is 0 Å². The van der Waals surface area contributed by atoms with Crippen LogP contribution in [0.3, 0.4) is 0 Å². The molecule has 2 aromatic rings. The van der Waals surface area contributed by atoms with Crippen molar-refractivity contribution in [2.24, 2.45) is 0 Å². The molecule has 88 valence electrons. The molecule has 0 saturated carbocycles. The zero-order valence-corrected chi connectivity index (χ0v) is 10.9. The summed E-state index contributed by atoms with van der Waals surface area (Å²) in [6, 6.07) is 10.8. The Bertz CT molecular complexity index is 508. The minimum atomic E-state index is -0.149. The Labute approximate surface area is 108 Å². The average molecular weight is 294 g/mol. The minimum Gasteiger partial charge on any atom is -0.467 e. The summed E-state index contributed by atoms with van der Waals surface area (Å²) >= 11 is 3.35. The molecule has 1 atom stereocenters. The van der Waals surface area contributed by atoms with Gasteiger partial charge in [-0.05, 0) is 47.1 Å². The molecule has 1 N–H and O–H groups in total. The van der Waals surface area contributed by atoms with Gasteiger partial charge in [-0.15, -0.1) is 0 Å². The highest BCUT2D eigenvalue weighted by molar-refractivity contribution is 9.10. The Morgan fingerprint density at radius 3 is 2.71 bits per heavy atom. The van der Waals surface area contributed by atoms with Crippen LogP contribution in [0, 0.1) is 0 Å². The number of carbonyl (C=O) groups is 1. The van der Waals surface area contributed by atoms with Gasteiger partial charge in [0.1, 0.15) is 5.76 Å². The van der Waals surface area contributed by atoms with E-state index in [9.17, 15) is 4.79 Å². The highest BCUT2D eigenvalue weighted by Crippen LogP contribution is 2.18. The van der Waals surface area contributed by atoms with Gasteiger partial charge in [-0.3, -0.25) is 4.79 Å². The van der Waals surface area contributed by atoms with Crippen LogP contribution < -0.4 is 5.32 Å². The molecule has 0 saturated heterocycles. The Morgan fingerprint density at radius 1 is 1.29 bits per heavy atom. The molecular formula is C13H12BrNO2. The molecule has 2 rings (SSSR count). The third kappa shape index (κ3) is 2.77. The molecule has 0 aliphatic carbocycles. The molecule has 0 aliphatic rings. The van der Waals surface area contributed by atoms with Crippen LogP contribution in [0.1, 0.15) is 29.1 Å². The van der Waals surface area contributed by atoms with Gasteiger partial charge >= 0.3 is 0 Å². The Balaban J connectivity index is 2.10. The summed E-state index contributed by atoms with van der Waals surface area (Å²) in [5.41, 5.74) is 0.617. The van der Waals surface area contributed by atoms with Gasteiger partial charge in [0.25, 0.3) is 5.91 Å². The number of furan rings is 1. The van der Waals surface area contributed by atoms with Crippen LogP contribution in [-0.4, -0.2) is 5.91 Å². The van der Waals surface area contributed by atoms with Crippen molar-refractivity contribution in [1.29, 1.82) is 0 Å². The molecule has 0 fully saturated rings. The number of halogens is 1. The van der Waals surface area contributed by atoms with Gasteiger partial charge in [-0.2, -0.15) is 0 Å². The molecule has 1 heterocycles. The number of rotatable bonds is 3. The molecule has 3 nitrogen and oxygen atoms in total. The fourth-order valence-corrected chi connectivity index (χ4v) is 1.99. The monoisotopic (exact) mass is 293 g/mol. The zero-order valence-electron chi connectivity index (χ0n) is 9.31. The quantitative estimate of drug-likeness (QED) is 0.941. The van der Waals surface area contributed by atoms with Crippen molar-refractivity contribution in [3.05, 3.63) is 58.5 Å². The molecule has 1 aromatic carbocycles. The van der Waals surface area contributed by atoms with Crippen LogP contribution in [0.25, 0.3) is 0 Å². The Hall–Kier alpha value is -1.55. The number of amides is 1. The topological polar surface area (TPSA) is 42.2 Å². The summed E-state index contributed by atoms with van der Waals surface area (Å²) in [5.74, 6) is 0.617. The number of hydrogen-bond donors (Lipinski definition) is 1. The van der Waals surface area contributed by atoms with Gasteiger partial charge in [0.15, 0.2) is 0 Å². The van der Waals surface area contributed by atoms with Crippen LogP contribution in [0.4, 0.5) is 0 Å². The van der Waals surface area contributed by atoms with E-state index in [0.29, 0.717) is 5.56 Å². The van der Waals surface area contributed by atoms with Gasteiger partial charge in [0, 0.05) is 4.47 Å². The summed E-state index contributed by atoms with van der Waals surface area (Å²) in [4.78, 5) is 12.0. The fraction of sp³-hybridized carbons (Fsp3) is 0.154. The third-order valence-corrected chi connectivity index (χ3v) is 3.13. The average Bonchev–Trinajstić information content (AvgIpc) is 2.82. The molecule has 0 spiro atoms. The van der Waals surface area contributed by atoms with E-state index in [2.05, 4.69) is 21.2 Å². The summed E-state index contributed by atoms with van der Waals surface area (Å²) < 4.78 is 6.02. The van der Waals surface area contributed by atoms with E-state index in [1.807, 2.05) is 31.2 Å². The molecule has 0 aliphatic heterocycles. The lowest BCUT2D eigenvalue weighted by molar-refractivity contribution is 0.0934. The highest BCUT2D eigenvalue weighted by atomic mass is 79.9. The van der Waals surface area contributed by atoms with E-state index in [-0.39, 0.29) is 11.9 Å². The van der Waals surface area contributed by atoms with Crippen LogP contribution in [0.15, 0.2) is 51.6 Å². The van der Waals surface area contributed by atoms with Gasteiger partial charge < -0.3 is 9.73 Å². The third-order valence-electron chi connectivity index (χ3n) is 2.44. The first kappa shape index (κ1) is 11.9. The first-order valence-electron chi connectivity index (χ1n) is 5.27. The van der Waals surface area contributed by atoms with E-state index >= 15 is 0 Å². The maximum Gasteiger partial charge on any atom is 0.253 e. The normalized spacial score (nSPS) is 12.1. The summed E-state index contributed by atoms with van der Waals surface area (Å²) in [6.45, 7) is 1.88.